The van der Waals surface area contributed by atoms with Crippen molar-refractivity contribution in [1.82, 2.24) is 10.6 Å². The SMILES string of the molecule is CC(C)(C)NC(=O)CNC(=O)COc1ccc(N2CCCC2=O)cc1. The zero-order valence-electron chi connectivity index (χ0n) is 14.9. The Labute approximate surface area is 147 Å². The lowest BCUT2D eigenvalue weighted by atomic mass is 10.1. The van der Waals surface area contributed by atoms with Gasteiger partial charge in [0, 0.05) is 24.2 Å². The summed E-state index contributed by atoms with van der Waals surface area (Å²) in [5.41, 5.74) is 0.495. The molecule has 1 aliphatic heterocycles. The standard InChI is InChI=1S/C18H25N3O4/c1-18(2,3)20-15(22)11-19-16(23)12-25-14-8-6-13(7-9-14)21-10-4-5-17(21)24/h6-9H,4-5,10-12H2,1-3H3,(H,19,23)(H,20,22). The molecule has 0 radical (unpaired) electrons. The van der Waals surface area contributed by atoms with Crippen molar-refractivity contribution in [2.24, 2.45) is 0 Å². The van der Waals surface area contributed by atoms with Crippen LogP contribution < -0.4 is 20.3 Å². The van der Waals surface area contributed by atoms with Gasteiger partial charge < -0.3 is 20.3 Å². The molecule has 0 spiro atoms. The Morgan fingerprint density at radius 2 is 1.84 bits per heavy atom. The van der Waals surface area contributed by atoms with E-state index >= 15 is 0 Å². The minimum absolute atomic E-state index is 0.0878. The van der Waals surface area contributed by atoms with Crippen LogP contribution in [0.1, 0.15) is 33.6 Å². The van der Waals surface area contributed by atoms with E-state index in [0.717, 1.165) is 18.7 Å². The van der Waals surface area contributed by atoms with Gasteiger partial charge in [0.25, 0.3) is 5.91 Å². The summed E-state index contributed by atoms with van der Waals surface area (Å²) in [6.07, 6.45) is 1.46. The number of ether oxygens (including phenoxy) is 1. The molecule has 25 heavy (non-hydrogen) atoms. The summed E-state index contributed by atoms with van der Waals surface area (Å²) in [5.74, 6) is 0.0367. The van der Waals surface area contributed by atoms with Gasteiger partial charge in [0.05, 0.1) is 6.54 Å². The van der Waals surface area contributed by atoms with Crippen molar-refractivity contribution in [1.29, 1.82) is 0 Å². The molecule has 3 amide bonds. The first-order valence-electron chi connectivity index (χ1n) is 8.35. The van der Waals surface area contributed by atoms with Gasteiger partial charge in [-0.15, -0.1) is 0 Å². The summed E-state index contributed by atoms with van der Waals surface area (Å²) >= 11 is 0. The molecule has 1 fully saturated rings. The number of benzene rings is 1. The Morgan fingerprint density at radius 1 is 1.16 bits per heavy atom. The van der Waals surface area contributed by atoms with E-state index in [1.165, 1.54) is 0 Å². The third-order valence-electron chi connectivity index (χ3n) is 3.55. The summed E-state index contributed by atoms with van der Waals surface area (Å²) in [6, 6.07) is 7.04. The molecule has 136 valence electrons. The molecular weight excluding hydrogens is 322 g/mol. The van der Waals surface area contributed by atoms with E-state index in [4.69, 9.17) is 4.74 Å². The van der Waals surface area contributed by atoms with Crippen molar-refractivity contribution in [2.75, 3.05) is 24.6 Å². The number of amides is 3. The van der Waals surface area contributed by atoms with E-state index in [0.29, 0.717) is 12.2 Å². The predicted octanol–water partition coefficient (Wildman–Crippen LogP) is 1.22. The monoisotopic (exact) mass is 347 g/mol. The summed E-state index contributed by atoms with van der Waals surface area (Å²) in [5, 5.41) is 5.27. The molecule has 0 unspecified atom stereocenters. The molecule has 1 heterocycles. The van der Waals surface area contributed by atoms with Crippen molar-refractivity contribution in [3.63, 3.8) is 0 Å². The maximum absolute atomic E-state index is 11.7. The molecule has 0 aliphatic carbocycles. The highest BCUT2D eigenvalue weighted by Crippen LogP contribution is 2.23. The topological polar surface area (TPSA) is 87.7 Å². The van der Waals surface area contributed by atoms with Crippen LogP contribution >= 0.6 is 0 Å². The maximum atomic E-state index is 11.7. The molecule has 1 aromatic carbocycles. The number of hydrogen-bond donors (Lipinski definition) is 2. The first-order valence-corrected chi connectivity index (χ1v) is 8.35. The summed E-state index contributed by atoms with van der Waals surface area (Å²) in [4.78, 5) is 36.8. The van der Waals surface area contributed by atoms with Crippen molar-refractivity contribution in [3.8, 4) is 5.75 Å². The fourth-order valence-electron chi connectivity index (χ4n) is 2.48. The van der Waals surface area contributed by atoms with Crippen LogP contribution in [0.3, 0.4) is 0 Å². The van der Waals surface area contributed by atoms with E-state index in [-0.39, 0.29) is 36.4 Å². The maximum Gasteiger partial charge on any atom is 0.258 e. The Bertz CT molecular complexity index is 635. The van der Waals surface area contributed by atoms with Crippen LogP contribution in [0.15, 0.2) is 24.3 Å². The third-order valence-corrected chi connectivity index (χ3v) is 3.55. The van der Waals surface area contributed by atoms with Crippen molar-refractivity contribution >= 4 is 23.4 Å². The van der Waals surface area contributed by atoms with Crippen LogP contribution in [0, 0.1) is 0 Å². The number of nitrogens with zero attached hydrogens (tertiary/aromatic N) is 1. The number of nitrogens with one attached hydrogen (secondary N) is 2. The van der Waals surface area contributed by atoms with Crippen LogP contribution in [-0.2, 0) is 14.4 Å². The fraction of sp³-hybridized carbons (Fsp3) is 0.500. The summed E-state index contributed by atoms with van der Waals surface area (Å²) < 4.78 is 5.40. The molecule has 0 bridgehead atoms. The largest absolute Gasteiger partial charge is 0.484 e. The Kier molecular flexibility index (Phi) is 6.01. The summed E-state index contributed by atoms with van der Waals surface area (Å²) in [6.45, 7) is 6.08. The average molecular weight is 347 g/mol. The van der Waals surface area contributed by atoms with Gasteiger partial charge in [-0.05, 0) is 51.5 Å². The Balaban J connectivity index is 1.74. The molecule has 7 nitrogen and oxygen atoms in total. The first kappa shape index (κ1) is 18.8. The van der Waals surface area contributed by atoms with Crippen LogP contribution in [-0.4, -0.2) is 43.0 Å². The average Bonchev–Trinajstić information content (AvgIpc) is 2.96. The lowest BCUT2D eigenvalue weighted by Crippen LogP contribution is -2.46. The zero-order chi connectivity index (χ0) is 18.4. The van der Waals surface area contributed by atoms with Crippen molar-refractivity contribution in [3.05, 3.63) is 24.3 Å². The highest BCUT2D eigenvalue weighted by atomic mass is 16.5. The number of carbonyl (C=O) groups is 3. The zero-order valence-corrected chi connectivity index (χ0v) is 14.9. The lowest BCUT2D eigenvalue weighted by molar-refractivity contribution is -0.127. The number of carbonyl (C=O) groups excluding carboxylic acids is 3. The van der Waals surface area contributed by atoms with Gasteiger partial charge in [-0.25, -0.2) is 0 Å². The van der Waals surface area contributed by atoms with E-state index in [2.05, 4.69) is 10.6 Å². The molecular formula is C18H25N3O4. The van der Waals surface area contributed by atoms with Gasteiger partial charge in [-0.2, -0.15) is 0 Å². The predicted molar refractivity (Wildman–Crippen MR) is 94.4 cm³/mol. The molecule has 1 aliphatic rings. The van der Waals surface area contributed by atoms with Crippen LogP contribution in [0.25, 0.3) is 0 Å². The van der Waals surface area contributed by atoms with Gasteiger partial charge in [-0.3, -0.25) is 14.4 Å². The lowest BCUT2D eigenvalue weighted by Gasteiger charge is -2.20. The molecule has 1 saturated heterocycles. The Hall–Kier alpha value is -2.57. The van der Waals surface area contributed by atoms with Gasteiger partial charge in [0.15, 0.2) is 6.61 Å². The van der Waals surface area contributed by atoms with Crippen LogP contribution in [0.4, 0.5) is 5.69 Å². The van der Waals surface area contributed by atoms with E-state index < -0.39 is 0 Å². The minimum atomic E-state index is -0.372. The van der Waals surface area contributed by atoms with Crippen LogP contribution in [0.5, 0.6) is 5.75 Å². The van der Waals surface area contributed by atoms with E-state index in [1.54, 1.807) is 29.2 Å². The van der Waals surface area contributed by atoms with Gasteiger partial charge >= 0.3 is 0 Å². The van der Waals surface area contributed by atoms with Gasteiger partial charge in [0.1, 0.15) is 5.75 Å². The van der Waals surface area contributed by atoms with E-state index in [1.807, 2.05) is 20.8 Å². The second kappa shape index (κ2) is 8.00. The number of rotatable bonds is 6. The fourth-order valence-corrected chi connectivity index (χ4v) is 2.48. The molecule has 0 saturated carbocycles. The van der Waals surface area contributed by atoms with Crippen molar-refractivity contribution < 1.29 is 19.1 Å². The number of hydrogen-bond acceptors (Lipinski definition) is 4. The molecule has 0 atom stereocenters. The first-order chi connectivity index (χ1) is 11.7. The highest BCUT2D eigenvalue weighted by Gasteiger charge is 2.21. The molecule has 7 heteroatoms. The van der Waals surface area contributed by atoms with Crippen LogP contribution in [0.2, 0.25) is 0 Å². The third kappa shape index (κ3) is 6.10. The Morgan fingerprint density at radius 3 is 2.40 bits per heavy atom. The molecule has 0 aromatic heterocycles. The minimum Gasteiger partial charge on any atom is -0.484 e. The number of anilines is 1. The highest BCUT2D eigenvalue weighted by molar-refractivity contribution is 5.95. The van der Waals surface area contributed by atoms with E-state index in [9.17, 15) is 14.4 Å². The van der Waals surface area contributed by atoms with Gasteiger partial charge in [-0.1, -0.05) is 0 Å². The van der Waals surface area contributed by atoms with Gasteiger partial charge in [0.2, 0.25) is 11.8 Å². The molecule has 2 rings (SSSR count). The van der Waals surface area contributed by atoms with Crippen molar-refractivity contribution in [2.45, 2.75) is 39.2 Å². The molecule has 1 aromatic rings. The normalized spacial score (nSPS) is 14.4. The summed E-state index contributed by atoms with van der Waals surface area (Å²) in [7, 11) is 0. The molecule has 2 N–H and O–H groups in total. The quantitative estimate of drug-likeness (QED) is 0.810. The second-order valence-electron chi connectivity index (χ2n) is 7.01. The smallest absolute Gasteiger partial charge is 0.258 e. The second-order valence-corrected chi connectivity index (χ2v) is 7.01.